The third-order valence-corrected chi connectivity index (χ3v) is 5.40. The van der Waals surface area contributed by atoms with Crippen LogP contribution in [0.2, 0.25) is 0 Å². The molecule has 1 fully saturated rings. The van der Waals surface area contributed by atoms with Crippen molar-refractivity contribution in [2.24, 2.45) is 0 Å². The summed E-state index contributed by atoms with van der Waals surface area (Å²) >= 11 is 0. The summed E-state index contributed by atoms with van der Waals surface area (Å²) in [7, 11) is 0. The molecule has 0 spiro atoms. The fourth-order valence-corrected chi connectivity index (χ4v) is 3.83. The topological polar surface area (TPSA) is 80.8 Å². The van der Waals surface area contributed by atoms with Crippen molar-refractivity contribution < 1.29 is 19.1 Å². The average molecular weight is 434 g/mol. The van der Waals surface area contributed by atoms with E-state index in [0.717, 1.165) is 29.8 Å². The summed E-state index contributed by atoms with van der Waals surface area (Å²) in [5, 5.41) is 3.69. The van der Waals surface area contributed by atoms with Gasteiger partial charge in [-0.3, -0.25) is 4.79 Å². The molecule has 2 heterocycles. The molecule has 4 rings (SSSR count). The number of esters is 1. The molecule has 0 saturated carbocycles. The minimum atomic E-state index is -0.479. The van der Waals surface area contributed by atoms with Gasteiger partial charge in [0.25, 0.3) is 5.91 Å². The minimum absolute atomic E-state index is 0.202. The highest BCUT2D eigenvalue weighted by Gasteiger charge is 2.16. The Morgan fingerprint density at radius 2 is 1.81 bits per heavy atom. The number of nitrogens with one attached hydrogen (secondary N) is 1. The summed E-state index contributed by atoms with van der Waals surface area (Å²) in [4.78, 5) is 31.8. The number of rotatable bonds is 7. The lowest BCUT2D eigenvalue weighted by molar-refractivity contribution is -0.118. The lowest BCUT2D eigenvalue weighted by Gasteiger charge is -2.28. The first-order valence-electron chi connectivity index (χ1n) is 11.0. The molecular weight excluding hydrogens is 406 g/mol. The number of ether oxygens (including phenoxy) is 2. The number of piperidine rings is 1. The van der Waals surface area contributed by atoms with Crippen molar-refractivity contribution in [1.29, 1.82) is 0 Å². The quantitative estimate of drug-likeness (QED) is 0.556. The van der Waals surface area contributed by atoms with Crippen LogP contribution in [-0.4, -0.2) is 43.2 Å². The van der Waals surface area contributed by atoms with E-state index in [1.54, 1.807) is 31.2 Å². The number of aromatic nitrogens is 1. The van der Waals surface area contributed by atoms with Crippen LogP contribution in [0.5, 0.6) is 5.75 Å². The molecule has 0 radical (unpaired) electrons. The van der Waals surface area contributed by atoms with Crippen LogP contribution >= 0.6 is 0 Å². The predicted octanol–water partition coefficient (Wildman–Crippen LogP) is 4.42. The molecule has 0 aliphatic carbocycles. The first-order valence-corrected chi connectivity index (χ1v) is 11.0. The minimum Gasteiger partial charge on any atom is -0.481 e. The second-order valence-electron chi connectivity index (χ2n) is 7.65. The number of pyridine rings is 1. The second kappa shape index (κ2) is 10.1. The molecule has 7 nitrogen and oxygen atoms in total. The number of hydrogen-bond acceptors (Lipinski definition) is 6. The summed E-state index contributed by atoms with van der Waals surface area (Å²) in [6, 6.07) is 16.5. The van der Waals surface area contributed by atoms with E-state index in [1.165, 1.54) is 19.3 Å². The molecule has 32 heavy (non-hydrogen) atoms. The largest absolute Gasteiger partial charge is 0.481 e. The van der Waals surface area contributed by atoms with E-state index in [4.69, 9.17) is 14.5 Å². The van der Waals surface area contributed by atoms with Crippen LogP contribution in [0.15, 0.2) is 54.6 Å². The maximum absolute atomic E-state index is 12.6. The summed E-state index contributed by atoms with van der Waals surface area (Å²) in [5.41, 5.74) is 1.43. The van der Waals surface area contributed by atoms with Crippen LogP contribution in [0.1, 0.15) is 36.5 Å². The summed E-state index contributed by atoms with van der Waals surface area (Å²) in [5.74, 6) is 0.634. The van der Waals surface area contributed by atoms with Gasteiger partial charge in [-0.25, -0.2) is 9.78 Å². The van der Waals surface area contributed by atoms with E-state index in [2.05, 4.69) is 10.2 Å². The Kier molecular flexibility index (Phi) is 6.84. The zero-order valence-electron chi connectivity index (χ0n) is 18.2. The molecule has 0 unspecified atom stereocenters. The van der Waals surface area contributed by atoms with E-state index in [9.17, 15) is 9.59 Å². The van der Waals surface area contributed by atoms with Gasteiger partial charge in [0, 0.05) is 18.5 Å². The van der Waals surface area contributed by atoms with Crippen molar-refractivity contribution in [3.8, 4) is 5.75 Å². The number of carbonyl (C=O) groups excluding carboxylic acids is 2. The van der Waals surface area contributed by atoms with Crippen molar-refractivity contribution in [2.75, 3.05) is 36.5 Å². The van der Waals surface area contributed by atoms with Crippen molar-refractivity contribution in [3.63, 3.8) is 0 Å². The molecule has 2 aromatic carbocycles. The highest BCUT2D eigenvalue weighted by Crippen LogP contribution is 2.28. The molecular formula is C25H27N3O4. The van der Waals surface area contributed by atoms with E-state index in [0.29, 0.717) is 17.0 Å². The summed E-state index contributed by atoms with van der Waals surface area (Å²) < 4.78 is 10.9. The average Bonchev–Trinajstić information content (AvgIpc) is 2.83. The molecule has 1 N–H and O–H groups in total. The number of fused-ring (bicyclic) bond motifs is 1. The number of para-hydroxylation sites is 2. The van der Waals surface area contributed by atoms with Gasteiger partial charge in [0.15, 0.2) is 6.61 Å². The maximum atomic E-state index is 12.6. The predicted molar refractivity (Wildman–Crippen MR) is 124 cm³/mol. The van der Waals surface area contributed by atoms with Gasteiger partial charge in [-0.15, -0.1) is 0 Å². The van der Waals surface area contributed by atoms with Crippen LogP contribution in [0.25, 0.3) is 10.9 Å². The molecule has 1 saturated heterocycles. The lowest BCUT2D eigenvalue weighted by atomic mass is 10.1. The van der Waals surface area contributed by atoms with Crippen LogP contribution in [0.4, 0.5) is 11.5 Å². The molecule has 1 aromatic heterocycles. The molecule has 0 bridgehead atoms. The number of benzene rings is 2. The molecule has 166 valence electrons. The monoisotopic (exact) mass is 433 g/mol. The van der Waals surface area contributed by atoms with Crippen molar-refractivity contribution >= 4 is 34.3 Å². The Labute approximate surface area is 187 Å². The van der Waals surface area contributed by atoms with Gasteiger partial charge in [0.2, 0.25) is 0 Å². The molecule has 7 heteroatoms. The Morgan fingerprint density at radius 1 is 1.00 bits per heavy atom. The summed E-state index contributed by atoms with van der Waals surface area (Å²) in [6.45, 7) is 3.80. The first kappa shape index (κ1) is 21.6. The van der Waals surface area contributed by atoms with Gasteiger partial charge in [-0.05, 0) is 56.5 Å². The van der Waals surface area contributed by atoms with Crippen molar-refractivity contribution in [1.82, 2.24) is 4.98 Å². The second-order valence-corrected chi connectivity index (χ2v) is 7.65. The van der Waals surface area contributed by atoms with Crippen molar-refractivity contribution in [2.45, 2.75) is 26.2 Å². The Hall–Kier alpha value is -3.61. The van der Waals surface area contributed by atoms with Gasteiger partial charge in [-0.2, -0.15) is 0 Å². The van der Waals surface area contributed by atoms with Crippen LogP contribution in [-0.2, 0) is 9.53 Å². The SMILES string of the molecule is CCOC(=O)c1ccccc1NC(=O)COc1cccc2ccc(N3CCCCC3)nc12. The number of anilines is 2. The fraction of sp³-hybridized carbons (Fsp3) is 0.320. The Morgan fingerprint density at radius 3 is 2.62 bits per heavy atom. The maximum Gasteiger partial charge on any atom is 0.340 e. The van der Waals surface area contributed by atoms with Gasteiger partial charge in [0.1, 0.15) is 17.1 Å². The molecule has 1 amide bonds. The highest BCUT2D eigenvalue weighted by molar-refractivity contribution is 6.01. The van der Waals surface area contributed by atoms with E-state index >= 15 is 0 Å². The van der Waals surface area contributed by atoms with Crippen LogP contribution in [0.3, 0.4) is 0 Å². The molecule has 1 aliphatic rings. The number of nitrogens with zero attached hydrogens (tertiary/aromatic N) is 2. The van der Waals surface area contributed by atoms with Crippen molar-refractivity contribution in [3.05, 3.63) is 60.2 Å². The zero-order valence-corrected chi connectivity index (χ0v) is 18.2. The van der Waals surface area contributed by atoms with E-state index in [-0.39, 0.29) is 19.1 Å². The normalized spacial score (nSPS) is 13.6. The molecule has 1 aliphatic heterocycles. The van der Waals surface area contributed by atoms with Crippen LogP contribution < -0.4 is 15.0 Å². The molecule has 0 atom stereocenters. The number of carbonyl (C=O) groups is 2. The number of hydrogen-bond donors (Lipinski definition) is 1. The standard InChI is InChI=1S/C25H27N3O4/c1-2-31-25(30)19-10-4-5-11-20(19)26-23(29)17-32-21-12-8-9-18-13-14-22(27-24(18)21)28-15-6-3-7-16-28/h4-5,8-14H,2-3,6-7,15-17H2,1H3,(H,26,29). The smallest absolute Gasteiger partial charge is 0.340 e. The molecule has 3 aromatic rings. The lowest BCUT2D eigenvalue weighted by Crippen LogP contribution is -2.30. The zero-order chi connectivity index (χ0) is 22.3. The van der Waals surface area contributed by atoms with Gasteiger partial charge >= 0.3 is 5.97 Å². The highest BCUT2D eigenvalue weighted by atomic mass is 16.5. The Bertz CT molecular complexity index is 1110. The first-order chi connectivity index (χ1) is 15.7. The van der Waals surface area contributed by atoms with Gasteiger partial charge in [-0.1, -0.05) is 24.3 Å². The summed E-state index contributed by atoms with van der Waals surface area (Å²) in [6.07, 6.45) is 3.60. The van der Waals surface area contributed by atoms with E-state index < -0.39 is 5.97 Å². The number of amides is 1. The van der Waals surface area contributed by atoms with Crippen LogP contribution in [0, 0.1) is 0 Å². The fourth-order valence-electron chi connectivity index (χ4n) is 3.83. The third-order valence-electron chi connectivity index (χ3n) is 5.40. The third kappa shape index (κ3) is 4.99. The van der Waals surface area contributed by atoms with Gasteiger partial charge < -0.3 is 19.7 Å². The van der Waals surface area contributed by atoms with Gasteiger partial charge in [0.05, 0.1) is 17.9 Å². The van der Waals surface area contributed by atoms with E-state index in [1.807, 2.05) is 30.3 Å². The Balaban J connectivity index is 1.47.